The molecule has 0 spiro atoms. The van der Waals surface area contributed by atoms with Gasteiger partial charge in [0.25, 0.3) is 0 Å². The maximum absolute atomic E-state index is 5.94. The zero-order valence-electron chi connectivity index (χ0n) is 10.3. The van der Waals surface area contributed by atoms with Crippen LogP contribution < -0.4 is 10.6 Å². The second-order valence-electron chi connectivity index (χ2n) is 4.77. The van der Waals surface area contributed by atoms with Crippen molar-refractivity contribution in [3.63, 3.8) is 0 Å². The predicted molar refractivity (Wildman–Crippen MR) is 65.5 cm³/mol. The Morgan fingerprint density at radius 1 is 1.44 bits per heavy atom. The largest absolute Gasteiger partial charge is 0.356 e. The van der Waals surface area contributed by atoms with Gasteiger partial charge in [0.1, 0.15) is 11.6 Å². The Hall–Kier alpha value is -1.16. The molecule has 1 aromatic heterocycles. The molecular formula is C12H20N4. The topological polar surface area (TPSA) is 55.0 Å². The van der Waals surface area contributed by atoms with Gasteiger partial charge < -0.3 is 10.6 Å². The van der Waals surface area contributed by atoms with E-state index in [2.05, 4.69) is 27.9 Å². The predicted octanol–water partition coefficient (Wildman–Crippen LogP) is 1.27. The molecule has 0 amide bonds. The fraction of sp³-hybridized carbons (Fsp3) is 0.667. The summed E-state index contributed by atoms with van der Waals surface area (Å²) in [6, 6.07) is 2.32. The van der Waals surface area contributed by atoms with Crippen LogP contribution >= 0.6 is 0 Å². The maximum atomic E-state index is 5.94. The Morgan fingerprint density at radius 2 is 2.19 bits per heavy atom. The number of aromatic nitrogens is 2. The maximum Gasteiger partial charge on any atom is 0.132 e. The van der Waals surface area contributed by atoms with Crippen molar-refractivity contribution in [2.75, 3.05) is 18.0 Å². The molecule has 88 valence electrons. The van der Waals surface area contributed by atoms with Crippen LogP contribution in [0.1, 0.15) is 24.9 Å². The lowest BCUT2D eigenvalue weighted by molar-refractivity contribution is 0.488. The highest BCUT2D eigenvalue weighted by atomic mass is 15.2. The van der Waals surface area contributed by atoms with Gasteiger partial charge in [-0.15, -0.1) is 0 Å². The molecule has 1 aliphatic heterocycles. The standard InChI is InChI=1S/C12H20N4/c1-8-6-12(15-10(3)14-8)16-5-4-11(7-16)9(2)13/h6,9,11H,4-5,7,13H2,1-3H3. The van der Waals surface area contributed by atoms with Gasteiger partial charge in [0.2, 0.25) is 0 Å². The lowest BCUT2D eigenvalue weighted by Crippen LogP contribution is -2.30. The molecule has 0 aromatic carbocycles. The number of nitrogens with zero attached hydrogens (tertiary/aromatic N) is 3. The van der Waals surface area contributed by atoms with Crippen molar-refractivity contribution in [2.24, 2.45) is 11.7 Å². The summed E-state index contributed by atoms with van der Waals surface area (Å²) in [6.45, 7) is 8.12. The highest BCUT2D eigenvalue weighted by Crippen LogP contribution is 2.24. The van der Waals surface area contributed by atoms with E-state index in [1.54, 1.807) is 0 Å². The van der Waals surface area contributed by atoms with Gasteiger partial charge in [0, 0.05) is 30.9 Å². The molecule has 4 heteroatoms. The smallest absolute Gasteiger partial charge is 0.132 e. The summed E-state index contributed by atoms with van der Waals surface area (Å²) in [4.78, 5) is 11.1. The Bertz CT molecular complexity index is 355. The zero-order chi connectivity index (χ0) is 11.7. The number of aryl methyl sites for hydroxylation is 2. The third-order valence-electron chi connectivity index (χ3n) is 3.24. The molecule has 1 fully saturated rings. The fourth-order valence-electron chi connectivity index (χ4n) is 2.28. The molecule has 2 heterocycles. The van der Waals surface area contributed by atoms with E-state index >= 15 is 0 Å². The highest BCUT2D eigenvalue weighted by Gasteiger charge is 2.26. The first-order valence-corrected chi connectivity index (χ1v) is 5.89. The van der Waals surface area contributed by atoms with Gasteiger partial charge in [-0.3, -0.25) is 0 Å². The molecule has 0 aliphatic carbocycles. The average molecular weight is 220 g/mol. The second-order valence-corrected chi connectivity index (χ2v) is 4.77. The number of anilines is 1. The van der Waals surface area contributed by atoms with E-state index in [1.165, 1.54) is 6.42 Å². The van der Waals surface area contributed by atoms with Crippen LogP contribution in [0.2, 0.25) is 0 Å². The summed E-state index contributed by atoms with van der Waals surface area (Å²) in [5, 5.41) is 0. The third kappa shape index (κ3) is 2.32. The minimum atomic E-state index is 0.272. The van der Waals surface area contributed by atoms with E-state index < -0.39 is 0 Å². The van der Waals surface area contributed by atoms with Crippen LogP contribution in [0.25, 0.3) is 0 Å². The van der Waals surface area contributed by atoms with Crippen molar-refractivity contribution in [1.82, 2.24) is 9.97 Å². The van der Waals surface area contributed by atoms with Crippen molar-refractivity contribution in [2.45, 2.75) is 33.2 Å². The molecule has 2 atom stereocenters. The van der Waals surface area contributed by atoms with Crippen LogP contribution in [-0.2, 0) is 0 Å². The summed E-state index contributed by atoms with van der Waals surface area (Å²) < 4.78 is 0. The Kier molecular flexibility index (Phi) is 3.10. The van der Waals surface area contributed by atoms with Crippen LogP contribution in [-0.4, -0.2) is 29.1 Å². The molecule has 2 N–H and O–H groups in total. The third-order valence-corrected chi connectivity index (χ3v) is 3.24. The lowest BCUT2D eigenvalue weighted by atomic mass is 10.0. The minimum absolute atomic E-state index is 0.272. The van der Waals surface area contributed by atoms with Crippen molar-refractivity contribution in [3.05, 3.63) is 17.6 Å². The van der Waals surface area contributed by atoms with Crippen LogP contribution in [0, 0.1) is 19.8 Å². The Labute approximate surface area is 96.9 Å². The van der Waals surface area contributed by atoms with Gasteiger partial charge in [0.05, 0.1) is 0 Å². The van der Waals surface area contributed by atoms with Crippen molar-refractivity contribution in [3.8, 4) is 0 Å². The summed E-state index contributed by atoms with van der Waals surface area (Å²) in [5.41, 5.74) is 6.97. The van der Waals surface area contributed by atoms with Crippen LogP contribution in [0.5, 0.6) is 0 Å². The molecule has 2 rings (SSSR count). The Morgan fingerprint density at radius 3 is 2.75 bits per heavy atom. The van der Waals surface area contributed by atoms with E-state index in [1.807, 2.05) is 13.8 Å². The van der Waals surface area contributed by atoms with Gasteiger partial charge in [-0.05, 0) is 33.1 Å². The average Bonchev–Trinajstić information content (AvgIpc) is 2.64. The van der Waals surface area contributed by atoms with Crippen molar-refractivity contribution in [1.29, 1.82) is 0 Å². The molecule has 4 nitrogen and oxygen atoms in total. The van der Waals surface area contributed by atoms with Gasteiger partial charge >= 0.3 is 0 Å². The molecule has 0 saturated carbocycles. The van der Waals surface area contributed by atoms with E-state index in [0.29, 0.717) is 5.92 Å². The minimum Gasteiger partial charge on any atom is -0.356 e. The molecule has 2 unspecified atom stereocenters. The molecule has 1 saturated heterocycles. The molecule has 1 aromatic rings. The van der Waals surface area contributed by atoms with Crippen LogP contribution in [0.15, 0.2) is 6.07 Å². The molecule has 0 radical (unpaired) electrons. The second kappa shape index (κ2) is 4.37. The molecule has 16 heavy (non-hydrogen) atoms. The van der Waals surface area contributed by atoms with Gasteiger partial charge in [0.15, 0.2) is 0 Å². The van der Waals surface area contributed by atoms with Gasteiger partial charge in [-0.25, -0.2) is 9.97 Å². The van der Waals surface area contributed by atoms with Crippen LogP contribution in [0.4, 0.5) is 5.82 Å². The lowest BCUT2D eigenvalue weighted by Gasteiger charge is -2.19. The summed E-state index contributed by atoms with van der Waals surface area (Å²) in [7, 11) is 0. The quantitative estimate of drug-likeness (QED) is 0.815. The molecule has 0 bridgehead atoms. The first-order valence-electron chi connectivity index (χ1n) is 5.89. The van der Waals surface area contributed by atoms with Gasteiger partial charge in [-0.1, -0.05) is 0 Å². The fourth-order valence-corrected chi connectivity index (χ4v) is 2.28. The Balaban J connectivity index is 2.14. The number of nitrogens with two attached hydrogens (primary N) is 1. The van der Waals surface area contributed by atoms with E-state index in [0.717, 1.165) is 30.4 Å². The zero-order valence-corrected chi connectivity index (χ0v) is 10.3. The van der Waals surface area contributed by atoms with E-state index in [9.17, 15) is 0 Å². The van der Waals surface area contributed by atoms with Crippen LogP contribution in [0.3, 0.4) is 0 Å². The SMILES string of the molecule is Cc1cc(N2CCC(C(C)N)C2)nc(C)n1. The van der Waals surface area contributed by atoms with E-state index in [-0.39, 0.29) is 6.04 Å². The summed E-state index contributed by atoms with van der Waals surface area (Å²) in [5.74, 6) is 2.49. The summed E-state index contributed by atoms with van der Waals surface area (Å²) in [6.07, 6.45) is 1.17. The first-order chi connectivity index (χ1) is 7.56. The number of hydrogen-bond donors (Lipinski definition) is 1. The molecule has 1 aliphatic rings. The van der Waals surface area contributed by atoms with Gasteiger partial charge in [-0.2, -0.15) is 0 Å². The summed E-state index contributed by atoms with van der Waals surface area (Å²) >= 11 is 0. The normalized spacial score (nSPS) is 22.5. The first kappa shape index (κ1) is 11.3. The number of rotatable bonds is 2. The van der Waals surface area contributed by atoms with Crippen molar-refractivity contribution < 1.29 is 0 Å². The van der Waals surface area contributed by atoms with E-state index in [4.69, 9.17) is 5.73 Å². The monoisotopic (exact) mass is 220 g/mol. The highest BCUT2D eigenvalue weighted by molar-refractivity contribution is 5.41. The molecular weight excluding hydrogens is 200 g/mol. The number of hydrogen-bond acceptors (Lipinski definition) is 4. The van der Waals surface area contributed by atoms with Crippen molar-refractivity contribution >= 4 is 5.82 Å².